The number of allylic oxidation sites excluding steroid dienone is 3. The average molecular weight is 891 g/mol. The van der Waals surface area contributed by atoms with Crippen molar-refractivity contribution in [1.29, 1.82) is 0 Å². The molecule has 1 aliphatic carbocycles. The summed E-state index contributed by atoms with van der Waals surface area (Å²) in [5.74, 6) is -1.67. The van der Waals surface area contributed by atoms with Crippen molar-refractivity contribution in [3.63, 3.8) is 0 Å². The zero-order valence-corrected chi connectivity index (χ0v) is 37.4. The number of carbonyl (C=O) groups excluding carboxylic acids is 4. The number of sulfonamides is 1. The molecule has 6 rings (SSSR count). The lowest BCUT2D eigenvalue weighted by Crippen LogP contribution is -2.53. The van der Waals surface area contributed by atoms with Gasteiger partial charge in [-0.2, -0.15) is 0 Å². The lowest BCUT2D eigenvalue weighted by molar-refractivity contribution is -0.139. The van der Waals surface area contributed by atoms with Crippen molar-refractivity contribution in [2.75, 3.05) is 6.54 Å². The van der Waals surface area contributed by atoms with Gasteiger partial charge in [0.2, 0.25) is 27.7 Å². The number of hydrogen-bond acceptors (Lipinski definition) is 12. The first-order valence-corrected chi connectivity index (χ1v) is 23.7. The Morgan fingerprint density at radius 2 is 1.80 bits per heavy atom. The molecule has 3 unspecified atom stereocenters. The number of rotatable bonds is 19. The van der Waals surface area contributed by atoms with Crippen LogP contribution in [0.15, 0.2) is 78.2 Å². The number of nitrogens with zero attached hydrogens (tertiary/aromatic N) is 3. The summed E-state index contributed by atoms with van der Waals surface area (Å²) in [6, 6.07) is 13.9. The molecule has 2 aromatic carbocycles. The molecule has 2 fully saturated rings. The molecule has 0 bridgehead atoms. The minimum Gasteiger partial charge on any atom is -0.465 e. The molecule has 326 valence electrons. The Hall–Kier alpha value is -5.13. The van der Waals surface area contributed by atoms with Crippen molar-refractivity contribution in [1.82, 2.24) is 24.9 Å². The number of aromatic nitrogens is 2. The second-order valence-corrected chi connectivity index (χ2v) is 20.8. The van der Waals surface area contributed by atoms with Gasteiger partial charge in [0.25, 0.3) is 5.19 Å². The number of fused-ring (bicyclic) bond motifs is 1. The third kappa shape index (κ3) is 12.0. The van der Waals surface area contributed by atoms with Crippen LogP contribution in [0.2, 0.25) is 0 Å². The average Bonchev–Trinajstić information content (AvgIpc) is 3.53. The SMILES string of the molecule is C=C(C=CCCCCCC(NC(=O)OC(C)(C)C)C(=O)N1CC(Oc2nc3cccc(-c4nc(-c5ccccc5)cs4)c3s2)CC1C(N)=O)CCC(=O)NS(=O)(=O)C1(C)CC1. The van der Waals surface area contributed by atoms with E-state index in [1.54, 1.807) is 39.0 Å². The zero-order valence-electron chi connectivity index (χ0n) is 35.0. The normalized spacial score (nSPS) is 17.9. The first-order valence-electron chi connectivity index (χ1n) is 20.5. The van der Waals surface area contributed by atoms with Crippen molar-refractivity contribution < 1.29 is 37.1 Å². The molecular weight excluding hydrogens is 837 g/mol. The summed E-state index contributed by atoms with van der Waals surface area (Å²) in [4.78, 5) is 63.1. The maximum absolute atomic E-state index is 14.2. The molecule has 61 heavy (non-hydrogen) atoms. The van der Waals surface area contributed by atoms with Crippen LogP contribution in [-0.4, -0.2) is 82.2 Å². The molecule has 4 N–H and O–H groups in total. The lowest BCUT2D eigenvalue weighted by atomic mass is 10.0. The molecule has 2 aromatic heterocycles. The Balaban J connectivity index is 1.04. The van der Waals surface area contributed by atoms with E-state index in [-0.39, 0.29) is 19.4 Å². The number of carbonyl (C=O) groups is 4. The van der Waals surface area contributed by atoms with Crippen molar-refractivity contribution in [3.8, 4) is 27.0 Å². The maximum Gasteiger partial charge on any atom is 0.408 e. The number of unbranched alkanes of at least 4 members (excludes halogenated alkanes) is 3. The van der Waals surface area contributed by atoms with Gasteiger partial charge < -0.3 is 25.4 Å². The fourth-order valence-corrected chi connectivity index (χ4v) is 10.1. The van der Waals surface area contributed by atoms with E-state index in [4.69, 9.17) is 25.2 Å². The second kappa shape index (κ2) is 19.3. The predicted molar refractivity (Wildman–Crippen MR) is 238 cm³/mol. The lowest BCUT2D eigenvalue weighted by Gasteiger charge is -2.28. The highest BCUT2D eigenvalue weighted by Crippen LogP contribution is 2.42. The van der Waals surface area contributed by atoms with Crippen LogP contribution >= 0.6 is 22.7 Å². The standard InChI is InChI=1S/C44H54N6O8S3/c1-28(21-22-36(51)49-61(55,56)44(5)23-24-44)15-10-7-6-8-13-19-33(47-41(54)58-43(2,3)4)40(53)50-26-30(25-35(50)38(45)52)57-42-48-32-20-14-18-31(37(32)60-42)39-46-34(27-59-39)29-16-11-9-12-17-29/h9-12,14-18,20,27,30,33,35H,1,6-8,13,19,21-26H2,2-5H3,(H2,45,52)(H,47,54)(H,49,51). The van der Waals surface area contributed by atoms with Gasteiger partial charge in [-0.25, -0.2) is 23.2 Å². The van der Waals surface area contributed by atoms with Gasteiger partial charge in [0.1, 0.15) is 28.8 Å². The Kier molecular flexibility index (Phi) is 14.4. The Bertz CT molecular complexity index is 2380. The Morgan fingerprint density at radius 1 is 1.05 bits per heavy atom. The van der Waals surface area contributed by atoms with E-state index < -0.39 is 62.4 Å². The van der Waals surface area contributed by atoms with Crippen LogP contribution in [0, 0.1) is 0 Å². The number of primary amides is 1. The van der Waals surface area contributed by atoms with E-state index in [1.807, 2.05) is 66.1 Å². The first kappa shape index (κ1) is 45.4. The summed E-state index contributed by atoms with van der Waals surface area (Å²) >= 11 is 2.92. The van der Waals surface area contributed by atoms with Gasteiger partial charge in [-0.1, -0.05) is 90.9 Å². The van der Waals surface area contributed by atoms with Gasteiger partial charge in [-0.05, 0) is 72.3 Å². The molecular formula is C44H54N6O8S3. The van der Waals surface area contributed by atoms with Crippen LogP contribution in [0.3, 0.4) is 0 Å². The zero-order chi connectivity index (χ0) is 44.0. The highest BCUT2D eigenvalue weighted by molar-refractivity contribution is 7.91. The number of thiazole rings is 2. The molecule has 1 aliphatic heterocycles. The van der Waals surface area contributed by atoms with E-state index in [9.17, 15) is 27.6 Å². The summed E-state index contributed by atoms with van der Waals surface area (Å²) in [6.07, 6.45) is 7.15. The monoisotopic (exact) mass is 890 g/mol. The molecule has 1 saturated heterocycles. The van der Waals surface area contributed by atoms with Crippen LogP contribution in [0.4, 0.5) is 4.79 Å². The quantitative estimate of drug-likeness (QED) is 0.0620. The van der Waals surface area contributed by atoms with Gasteiger partial charge in [0.15, 0.2) is 0 Å². The van der Waals surface area contributed by atoms with E-state index in [0.29, 0.717) is 49.3 Å². The summed E-state index contributed by atoms with van der Waals surface area (Å²) in [5, 5.41) is 6.01. The summed E-state index contributed by atoms with van der Waals surface area (Å²) in [5.41, 5.74) is 9.35. The van der Waals surface area contributed by atoms with Crippen molar-refractivity contribution >= 4 is 66.7 Å². The summed E-state index contributed by atoms with van der Waals surface area (Å²) in [7, 11) is -3.67. The number of alkyl carbamates (subject to hydrolysis) is 1. The molecule has 3 heterocycles. The largest absolute Gasteiger partial charge is 0.465 e. The molecule has 0 radical (unpaired) electrons. The minimum absolute atomic E-state index is 0.0201. The molecule has 17 heteroatoms. The van der Waals surface area contributed by atoms with Crippen molar-refractivity contribution in [2.45, 2.75) is 120 Å². The topological polar surface area (TPSA) is 200 Å². The molecule has 0 spiro atoms. The smallest absolute Gasteiger partial charge is 0.408 e. The van der Waals surface area contributed by atoms with Crippen LogP contribution in [0.25, 0.3) is 32.0 Å². The molecule has 4 amide bonds. The number of nitrogens with two attached hydrogens (primary N) is 1. The van der Waals surface area contributed by atoms with Crippen LogP contribution in [0.1, 0.15) is 91.9 Å². The van der Waals surface area contributed by atoms with E-state index in [0.717, 1.165) is 44.9 Å². The fraction of sp³-hybridized carbons (Fsp3) is 0.455. The number of amides is 4. The number of nitrogens with one attached hydrogen (secondary N) is 2. The van der Waals surface area contributed by atoms with E-state index in [2.05, 4.69) is 16.6 Å². The van der Waals surface area contributed by atoms with Gasteiger partial charge in [0, 0.05) is 29.3 Å². The number of hydrogen-bond donors (Lipinski definition) is 3. The third-order valence-electron chi connectivity index (χ3n) is 10.6. The molecule has 2 aliphatic rings. The minimum atomic E-state index is -3.67. The molecule has 4 aromatic rings. The van der Waals surface area contributed by atoms with Crippen molar-refractivity contribution in [2.24, 2.45) is 5.73 Å². The first-order chi connectivity index (χ1) is 28.9. The highest BCUT2D eigenvalue weighted by Gasteiger charge is 2.50. The highest BCUT2D eigenvalue weighted by atomic mass is 32.2. The third-order valence-corrected chi connectivity index (χ3v) is 14.6. The number of likely N-dealkylation sites (tertiary alicyclic amines) is 1. The van der Waals surface area contributed by atoms with Gasteiger partial charge >= 0.3 is 6.09 Å². The van der Waals surface area contributed by atoms with Gasteiger partial charge in [0.05, 0.1) is 27.2 Å². The fourth-order valence-electron chi connectivity index (χ4n) is 6.90. The second-order valence-electron chi connectivity index (χ2n) is 16.8. The summed E-state index contributed by atoms with van der Waals surface area (Å²) < 4.78 is 38.6. The van der Waals surface area contributed by atoms with Gasteiger partial charge in [-0.15, -0.1) is 11.3 Å². The van der Waals surface area contributed by atoms with Crippen LogP contribution in [-0.2, 0) is 29.1 Å². The maximum atomic E-state index is 14.2. The number of ether oxygens (including phenoxy) is 2. The molecule has 1 saturated carbocycles. The van der Waals surface area contributed by atoms with Crippen LogP contribution in [0.5, 0.6) is 5.19 Å². The Morgan fingerprint density at radius 3 is 2.51 bits per heavy atom. The molecule has 14 nitrogen and oxygen atoms in total. The molecule has 3 atom stereocenters. The van der Waals surface area contributed by atoms with E-state index in [1.165, 1.54) is 16.2 Å². The van der Waals surface area contributed by atoms with E-state index >= 15 is 0 Å². The number of benzene rings is 2. The van der Waals surface area contributed by atoms with Crippen LogP contribution < -0.4 is 20.5 Å². The van der Waals surface area contributed by atoms with Gasteiger partial charge in [-0.3, -0.25) is 19.1 Å². The Labute approximate surface area is 365 Å². The summed E-state index contributed by atoms with van der Waals surface area (Å²) in [6.45, 7) is 10.9. The predicted octanol–water partition coefficient (Wildman–Crippen LogP) is 7.66. The van der Waals surface area contributed by atoms with Crippen molar-refractivity contribution in [3.05, 3.63) is 78.2 Å².